The molecule has 1 N–H and O–H groups in total. The molecule has 0 saturated carbocycles. The predicted octanol–water partition coefficient (Wildman–Crippen LogP) is 2.32. The number of hydrogen-bond donors (Lipinski definition) is 1. The number of nitrogens with one attached hydrogen (secondary N) is 1. The van der Waals surface area contributed by atoms with Gasteiger partial charge in [0.05, 0.1) is 17.2 Å². The fourth-order valence-electron chi connectivity index (χ4n) is 3.95. The van der Waals surface area contributed by atoms with Crippen molar-refractivity contribution in [2.24, 2.45) is 0 Å². The van der Waals surface area contributed by atoms with E-state index in [1.165, 1.54) is 16.6 Å². The molecule has 23 heavy (non-hydrogen) atoms. The molecule has 2 aliphatic rings. The fraction of sp³-hybridized carbons (Fsp3) is 0.444. The maximum Gasteiger partial charge on any atom is 0.317 e. The van der Waals surface area contributed by atoms with Crippen molar-refractivity contribution in [3.63, 3.8) is 0 Å². The highest BCUT2D eigenvalue weighted by molar-refractivity contribution is 5.94. The van der Waals surface area contributed by atoms with Gasteiger partial charge in [0.2, 0.25) is 0 Å². The van der Waals surface area contributed by atoms with E-state index >= 15 is 0 Å². The molecule has 0 bridgehead atoms. The van der Waals surface area contributed by atoms with Gasteiger partial charge in [0.1, 0.15) is 0 Å². The average Bonchev–Trinajstić information content (AvgIpc) is 2.94. The number of para-hydroxylation sites is 1. The molecule has 3 heterocycles. The van der Waals surface area contributed by atoms with Crippen LogP contribution >= 0.6 is 0 Å². The van der Waals surface area contributed by atoms with Gasteiger partial charge in [-0.15, -0.1) is 0 Å². The molecule has 0 aliphatic carbocycles. The summed E-state index contributed by atoms with van der Waals surface area (Å²) in [6.07, 6.45) is 0.973. The Bertz CT molecular complexity index is 773. The van der Waals surface area contributed by atoms with Crippen LogP contribution in [0.25, 0.3) is 10.9 Å². The van der Waals surface area contributed by atoms with E-state index in [1.54, 1.807) is 0 Å². The molecule has 2 aliphatic heterocycles. The van der Waals surface area contributed by atoms with E-state index in [9.17, 15) is 4.79 Å². The Hall–Kier alpha value is -2.30. The number of fused-ring (bicyclic) bond motifs is 2. The monoisotopic (exact) mass is 310 g/mol. The van der Waals surface area contributed by atoms with Crippen LogP contribution in [0.1, 0.15) is 18.2 Å². The number of urea groups is 1. The quantitative estimate of drug-likeness (QED) is 0.926. The highest BCUT2D eigenvalue weighted by Crippen LogP contribution is 2.34. The second kappa shape index (κ2) is 5.41. The van der Waals surface area contributed by atoms with E-state index in [0.717, 1.165) is 43.8 Å². The van der Waals surface area contributed by atoms with Crippen LogP contribution in [0.15, 0.2) is 24.3 Å². The van der Waals surface area contributed by atoms with E-state index < -0.39 is 0 Å². The maximum atomic E-state index is 11.8. The van der Waals surface area contributed by atoms with Crippen molar-refractivity contribution in [1.29, 1.82) is 0 Å². The number of piperazine rings is 1. The SMILES string of the molecule is CCc1c(C)nc2ccccc2c1N1CCN2C(=O)NC[C@H]2C1. The van der Waals surface area contributed by atoms with E-state index in [0.29, 0.717) is 0 Å². The first-order valence-electron chi connectivity index (χ1n) is 8.36. The number of anilines is 1. The Labute approximate surface area is 136 Å². The lowest BCUT2D eigenvalue weighted by atomic mass is 10.0. The van der Waals surface area contributed by atoms with Gasteiger partial charge >= 0.3 is 6.03 Å². The molecule has 1 aromatic heterocycles. The molecule has 0 spiro atoms. The Kier molecular flexibility index (Phi) is 3.36. The number of pyridine rings is 1. The number of nitrogens with zero attached hydrogens (tertiary/aromatic N) is 3. The van der Waals surface area contributed by atoms with Gasteiger partial charge in [-0.05, 0) is 25.0 Å². The van der Waals surface area contributed by atoms with Gasteiger partial charge in [-0.25, -0.2) is 4.79 Å². The zero-order valence-electron chi connectivity index (χ0n) is 13.7. The lowest BCUT2D eigenvalue weighted by Crippen LogP contribution is -2.52. The Morgan fingerprint density at radius 3 is 2.96 bits per heavy atom. The molecule has 1 aromatic carbocycles. The second-order valence-corrected chi connectivity index (χ2v) is 6.37. The largest absolute Gasteiger partial charge is 0.367 e. The molecular formula is C18H22N4O. The van der Waals surface area contributed by atoms with Crippen LogP contribution in [0.2, 0.25) is 0 Å². The van der Waals surface area contributed by atoms with Crippen LogP contribution in [-0.2, 0) is 6.42 Å². The van der Waals surface area contributed by atoms with Crippen LogP contribution in [0.4, 0.5) is 10.5 Å². The first kappa shape index (κ1) is 14.3. The van der Waals surface area contributed by atoms with Crippen molar-refractivity contribution in [1.82, 2.24) is 15.2 Å². The number of rotatable bonds is 2. The number of aryl methyl sites for hydroxylation is 1. The first-order valence-corrected chi connectivity index (χ1v) is 8.36. The third kappa shape index (κ3) is 2.22. The van der Waals surface area contributed by atoms with Gasteiger partial charge in [0.15, 0.2) is 0 Å². The smallest absolute Gasteiger partial charge is 0.317 e. The van der Waals surface area contributed by atoms with Crippen LogP contribution in [0.5, 0.6) is 0 Å². The first-order chi connectivity index (χ1) is 11.2. The van der Waals surface area contributed by atoms with Gasteiger partial charge in [0.25, 0.3) is 0 Å². The second-order valence-electron chi connectivity index (χ2n) is 6.37. The highest BCUT2D eigenvalue weighted by Gasteiger charge is 2.36. The van der Waals surface area contributed by atoms with E-state index in [4.69, 9.17) is 4.98 Å². The number of carbonyl (C=O) groups is 1. The summed E-state index contributed by atoms with van der Waals surface area (Å²) in [6.45, 7) is 7.60. The van der Waals surface area contributed by atoms with Gasteiger partial charge < -0.3 is 15.1 Å². The van der Waals surface area contributed by atoms with Gasteiger partial charge in [-0.3, -0.25) is 4.98 Å². The van der Waals surface area contributed by atoms with Crippen molar-refractivity contribution in [2.45, 2.75) is 26.3 Å². The Morgan fingerprint density at radius 2 is 2.13 bits per heavy atom. The highest BCUT2D eigenvalue weighted by atomic mass is 16.2. The minimum absolute atomic E-state index is 0.0844. The lowest BCUT2D eigenvalue weighted by Gasteiger charge is -2.39. The normalized spacial score (nSPS) is 20.8. The van der Waals surface area contributed by atoms with E-state index in [2.05, 4.69) is 42.3 Å². The molecule has 0 radical (unpaired) electrons. The molecule has 2 amide bonds. The van der Waals surface area contributed by atoms with Crippen LogP contribution in [0, 0.1) is 6.92 Å². The Morgan fingerprint density at radius 1 is 1.30 bits per heavy atom. The van der Waals surface area contributed by atoms with Crippen molar-refractivity contribution in [2.75, 3.05) is 31.1 Å². The van der Waals surface area contributed by atoms with Gasteiger partial charge in [-0.1, -0.05) is 25.1 Å². The van der Waals surface area contributed by atoms with Gasteiger partial charge in [-0.2, -0.15) is 0 Å². The average molecular weight is 310 g/mol. The molecule has 5 nitrogen and oxygen atoms in total. The molecular weight excluding hydrogens is 288 g/mol. The third-order valence-electron chi connectivity index (χ3n) is 5.07. The van der Waals surface area contributed by atoms with E-state index in [-0.39, 0.29) is 12.1 Å². The zero-order chi connectivity index (χ0) is 16.0. The third-order valence-corrected chi connectivity index (χ3v) is 5.07. The standard InChI is InChI=1S/C18H22N4O/c1-3-14-12(2)20-16-7-5-4-6-15(16)17(14)21-8-9-22-13(11-21)10-19-18(22)23/h4-7,13H,3,8-11H2,1-2H3,(H,19,23)/t13-/m0/s1. The van der Waals surface area contributed by atoms with E-state index in [1.807, 2.05) is 11.0 Å². The molecule has 2 fully saturated rings. The van der Waals surface area contributed by atoms with Crippen molar-refractivity contribution >= 4 is 22.6 Å². The molecule has 0 unspecified atom stereocenters. The summed E-state index contributed by atoms with van der Waals surface area (Å²) in [7, 11) is 0. The maximum absolute atomic E-state index is 11.8. The van der Waals surface area contributed by atoms with Crippen LogP contribution < -0.4 is 10.2 Å². The summed E-state index contributed by atoms with van der Waals surface area (Å²) < 4.78 is 0. The summed E-state index contributed by atoms with van der Waals surface area (Å²) in [5, 5.41) is 4.18. The van der Waals surface area contributed by atoms with Crippen molar-refractivity contribution in [3.05, 3.63) is 35.5 Å². The number of amides is 2. The molecule has 1 atom stereocenters. The number of aromatic nitrogens is 1. The Balaban J connectivity index is 1.80. The number of benzene rings is 1. The summed E-state index contributed by atoms with van der Waals surface area (Å²) in [5.41, 5.74) is 4.81. The predicted molar refractivity (Wildman–Crippen MR) is 92.0 cm³/mol. The minimum Gasteiger partial charge on any atom is -0.367 e. The molecule has 120 valence electrons. The molecule has 4 rings (SSSR count). The van der Waals surface area contributed by atoms with Gasteiger partial charge in [0, 0.05) is 37.3 Å². The topological polar surface area (TPSA) is 48.5 Å². The fourth-order valence-corrected chi connectivity index (χ4v) is 3.95. The molecule has 2 saturated heterocycles. The summed E-state index contributed by atoms with van der Waals surface area (Å²) in [5.74, 6) is 0. The lowest BCUT2D eigenvalue weighted by molar-refractivity contribution is 0.197. The summed E-state index contributed by atoms with van der Waals surface area (Å²) in [6, 6.07) is 8.73. The summed E-state index contributed by atoms with van der Waals surface area (Å²) >= 11 is 0. The van der Waals surface area contributed by atoms with Crippen molar-refractivity contribution in [3.8, 4) is 0 Å². The summed E-state index contributed by atoms with van der Waals surface area (Å²) in [4.78, 5) is 21.0. The number of carbonyl (C=O) groups excluding carboxylic acids is 1. The zero-order valence-corrected chi connectivity index (χ0v) is 13.7. The van der Waals surface area contributed by atoms with Crippen molar-refractivity contribution < 1.29 is 4.79 Å². The van der Waals surface area contributed by atoms with Crippen LogP contribution in [0.3, 0.4) is 0 Å². The minimum atomic E-state index is 0.0844. The molecule has 5 heteroatoms. The molecule has 2 aromatic rings. The van der Waals surface area contributed by atoms with Crippen LogP contribution in [-0.4, -0.2) is 48.1 Å². The number of hydrogen-bond acceptors (Lipinski definition) is 3.